The van der Waals surface area contributed by atoms with E-state index in [1.807, 2.05) is 18.9 Å². The van der Waals surface area contributed by atoms with E-state index in [1.165, 1.54) is 23.6 Å². The highest BCUT2D eigenvalue weighted by molar-refractivity contribution is 5.93. The molecule has 1 aromatic heterocycles. The molecule has 1 unspecified atom stereocenters. The fourth-order valence-corrected chi connectivity index (χ4v) is 3.85. The zero-order valence-corrected chi connectivity index (χ0v) is 22.8. The number of pyridine rings is 1. The van der Waals surface area contributed by atoms with Gasteiger partial charge in [-0.05, 0) is 66.6 Å². The highest BCUT2D eigenvalue weighted by atomic mass is 16.2. The number of anilines is 1. The van der Waals surface area contributed by atoms with Crippen LogP contribution in [0.4, 0.5) is 5.69 Å². The van der Waals surface area contributed by atoms with Crippen molar-refractivity contribution >= 4 is 17.4 Å². The van der Waals surface area contributed by atoms with Crippen molar-refractivity contribution in [1.82, 2.24) is 9.88 Å². The van der Waals surface area contributed by atoms with E-state index in [9.17, 15) is 9.59 Å². The Hall–Kier alpha value is -3.47. The summed E-state index contributed by atoms with van der Waals surface area (Å²) in [4.78, 5) is 29.0. The van der Waals surface area contributed by atoms with Gasteiger partial charge in [-0.3, -0.25) is 14.6 Å². The molecule has 5 heteroatoms. The molecule has 0 radical (unpaired) electrons. The van der Waals surface area contributed by atoms with Gasteiger partial charge in [0.25, 0.3) is 0 Å². The minimum Gasteiger partial charge on any atom is -0.388 e. The number of rotatable bonds is 8. The van der Waals surface area contributed by atoms with Crippen molar-refractivity contribution in [3.05, 3.63) is 95.3 Å². The number of hydrogen-bond acceptors (Lipinski definition) is 4. The number of nitrogens with one attached hydrogen (secondary N) is 1. The molecule has 0 aliphatic heterocycles. The van der Waals surface area contributed by atoms with Gasteiger partial charge in [0.1, 0.15) is 0 Å². The number of benzene rings is 2. The highest BCUT2D eigenvalue weighted by Gasteiger charge is 2.21. The Bertz CT molecular complexity index is 1090. The van der Waals surface area contributed by atoms with Crippen molar-refractivity contribution in [3.63, 3.8) is 0 Å². The summed E-state index contributed by atoms with van der Waals surface area (Å²) in [6.45, 7) is 13.0. The van der Waals surface area contributed by atoms with Crippen LogP contribution in [0.15, 0.2) is 73.1 Å². The van der Waals surface area contributed by atoms with Gasteiger partial charge >= 0.3 is 0 Å². The molecule has 0 saturated heterocycles. The third kappa shape index (κ3) is 8.63. The maximum absolute atomic E-state index is 12.6. The Balaban J connectivity index is 0.000000425. The first-order valence-electron chi connectivity index (χ1n) is 12.6. The lowest BCUT2D eigenvalue weighted by molar-refractivity contribution is -0.133. The van der Waals surface area contributed by atoms with Crippen molar-refractivity contribution in [2.75, 3.05) is 18.9 Å². The number of ketones is 1. The molecule has 0 fully saturated rings. The first-order valence-corrected chi connectivity index (χ1v) is 12.6. The number of carbonyl (C=O) groups excluding carboxylic acids is 2. The molecule has 192 valence electrons. The van der Waals surface area contributed by atoms with Gasteiger partial charge in [-0.25, -0.2) is 0 Å². The standard InChI is InChI=1S/C24H34N2O.C7H7NO/c1-7-23(27)26(17-16-19-8-14-22(25-6)15-9-19)18(2)20-10-12-21(13-11-20)24(3,4)5;1-6(9)7-2-4-8-5-3-7/h8-15,18,25H,7,16-17H2,1-6H3;2-5H,1H3. The Morgan fingerprint density at radius 2 is 1.53 bits per heavy atom. The van der Waals surface area contributed by atoms with Crippen molar-refractivity contribution < 1.29 is 9.59 Å². The van der Waals surface area contributed by atoms with E-state index in [0.717, 1.165) is 18.7 Å². The maximum Gasteiger partial charge on any atom is 0.222 e. The Kier molecular flexibility index (Phi) is 10.8. The largest absolute Gasteiger partial charge is 0.388 e. The van der Waals surface area contributed by atoms with Gasteiger partial charge in [0.2, 0.25) is 5.91 Å². The summed E-state index contributed by atoms with van der Waals surface area (Å²) >= 11 is 0. The van der Waals surface area contributed by atoms with Gasteiger partial charge in [0.15, 0.2) is 5.78 Å². The predicted octanol–water partition coefficient (Wildman–Crippen LogP) is 6.85. The number of carbonyl (C=O) groups is 2. The number of Topliss-reactive ketones (excluding diaryl/α,β-unsaturated/α-hetero) is 1. The number of hydrogen-bond donors (Lipinski definition) is 1. The smallest absolute Gasteiger partial charge is 0.222 e. The summed E-state index contributed by atoms with van der Waals surface area (Å²) in [6.07, 6.45) is 4.61. The molecular weight excluding hydrogens is 446 g/mol. The van der Waals surface area contributed by atoms with Crippen LogP contribution in [-0.2, 0) is 16.6 Å². The van der Waals surface area contributed by atoms with Crippen LogP contribution < -0.4 is 5.32 Å². The molecule has 0 saturated carbocycles. The monoisotopic (exact) mass is 487 g/mol. The normalized spacial score (nSPS) is 11.6. The zero-order chi connectivity index (χ0) is 26.7. The van der Waals surface area contributed by atoms with Crippen LogP contribution in [0.25, 0.3) is 0 Å². The van der Waals surface area contributed by atoms with E-state index in [-0.39, 0.29) is 23.1 Å². The molecule has 0 aliphatic carbocycles. The van der Waals surface area contributed by atoms with Crippen LogP contribution in [0.3, 0.4) is 0 Å². The van der Waals surface area contributed by atoms with Gasteiger partial charge in [0.05, 0.1) is 6.04 Å². The molecule has 0 bridgehead atoms. The summed E-state index contributed by atoms with van der Waals surface area (Å²) in [5.41, 5.74) is 5.71. The zero-order valence-electron chi connectivity index (χ0n) is 22.8. The van der Waals surface area contributed by atoms with E-state index >= 15 is 0 Å². The molecular formula is C31H41N3O2. The fourth-order valence-electron chi connectivity index (χ4n) is 3.85. The second-order valence-electron chi connectivity index (χ2n) is 9.98. The molecule has 36 heavy (non-hydrogen) atoms. The van der Waals surface area contributed by atoms with Gasteiger partial charge in [0, 0.05) is 43.7 Å². The fraction of sp³-hybridized carbons (Fsp3) is 0.387. The number of aromatic nitrogens is 1. The topological polar surface area (TPSA) is 62.3 Å². The van der Waals surface area contributed by atoms with Crippen molar-refractivity contribution in [1.29, 1.82) is 0 Å². The van der Waals surface area contributed by atoms with Gasteiger partial charge in [-0.15, -0.1) is 0 Å². The Morgan fingerprint density at radius 3 is 1.97 bits per heavy atom. The minimum absolute atomic E-state index is 0.0723. The summed E-state index contributed by atoms with van der Waals surface area (Å²) in [5, 5.41) is 3.14. The van der Waals surface area contributed by atoms with Crippen molar-refractivity contribution in [3.8, 4) is 0 Å². The molecule has 1 amide bonds. The molecule has 2 aromatic carbocycles. The lowest BCUT2D eigenvalue weighted by atomic mass is 9.86. The Morgan fingerprint density at radius 1 is 0.944 bits per heavy atom. The van der Waals surface area contributed by atoms with Crippen molar-refractivity contribution in [2.24, 2.45) is 0 Å². The Labute approximate surface area is 217 Å². The molecule has 3 aromatic rings. The summed E-state index contributed by atoms with van der Waals surface area (Å²) < 4.78 is 0. The molecule has 0 aliphatic rings. The molecule has 0 spiro atoms. The number of nitrogens with zero attached hydrogens (tertiary/aromatic N) is 2. The van der Waals surface area contributed by atoms with Crippen LogP contribution >= 0.6 is 0 Å². The van der Waals surface area contributed by atoms with Gasteiger partial charge < -0.3 is 10.2 Å². The quantitative estimate of drug-likeness (QED) is 0.353. The SMILES string of the molecule is CC(=O)c1ccncc1.CCC(=O)N(CCc1ccc(NC)cc1)C(C)c1ccc(C(C)(C)C)cc1. The van der Waals surface area contributed by atoms with Crippen molar-refractivity contribution in [2.45, 2.75) is 65.8 Å². The first-order chi connectivity index (χ1) is 17.1. The average molecular weight is 488 g/mol. The molecule has 1 N–H and O–H groups in total. The summed E-state index contributed by atoms with van der Waals surface area (Å²) in [5.74, 6) is 0.284. The van der Waals surface area contributed by atoms with E-state index in [1.54, 1.807) is 24.5 Å². The van der Waals surface area contributed by atoms with Crippen LogP contribution in [0, 0.1) is 0 Å². The maximum atomic E-state index is 12.6. The minimum atomic E-state index is 0.0723. The van der Waals surface area contributed by atoms with E-state index in [4.69, 9.17) is 0 Å². The molecule has 3 rings (SSSR count). The molecule has 1 heterocycles. The third-order valence-electron chi connectivity index (χ3n) is 6.32. The van der Waals surface area contributed by atoms with Gasteiger partial charge in [-0.1, -0.05) is 64.1 Å². The second-order valence-corrected chi connectivity index (χ2v) is 9.98. The van der Waals surface area contributed by atoms with Crippen LogP contribution in [-0.4, -0.2) is 35.2 Å². The second kappa shape index (κ2) is 13.6. The van der Waals surface area contributed by atoms with E-state index in [2.05, 4.69) is 86.5 Å². The van der Waals surface area contributed by atoms with E-state index < -0.39 is 0 Å². The lowest BCUT2D eigenvalue weighted by Gasteiger charge is -2.30. The lowest BCUT2D eigenvalue weighted by Crippen LogP contribution is -2.34. The number of amides is 1. The summed E-state index contributed by atoms with van der Waals surface area (Å²) in [6, 6.07) is 20.6. The van der Waals surface area contributed by atoms with Crippen LogP contribution in [0.1, 0.15) is 81.1 Å². The summed E-state index contributed by atoms with van der Waals surface area (Å²) in [7, 11) is 1.92. The van der Waals surface area contributed by atoms with Gasteiger partial charge in [-0.2, -0.15) is 0 Å². The molecule has 1 atom stereocenters. The molecule has 5 nitrogen and oxygen atoms in total. The average Bonchev–Trinajstić information content (AvgIpc) is 2.89. The van der Waals surface area contributed by atoms with Crippen LogP contribution in [0.2, 0.25) is 0 Å². The highest BCUT2D eigenvalue weighted by Crippen LogP contribution is 2.26. The predicted molar refractivity (Wildman–Crippen MR) is 149 cm³/mol. The third-order valence-corrected chi connectivity index (χ3v) is 6.32. The first kappa shape index (κ1) is 28.8. The van der Waals surface area contributed by atoms with E-state index in [0.29, 0.717) is 12.0 Å². The van der Waals surface area contributed by atoms with Crippen LogP contribution in [0.5, 0.6) is 0 Å².